The van der Waals surface area contributed by atoms with Gasteiger partial charge in [-0.1, -0.05) is 6.92 Å². The first-order valence-corrected chi connectivity index (χ1v) is 5.36. The molecule has 0 aliphatic carbocycles. The molecule has 5 nitrogen and oxygen atoms in total. The minimum absolute atomic E-state index is 0.0000430. The Bertz CT molecular complexity index is 383. The number of nitrogens with zero attached hydrogens (tertiary/aromatic N) is 2. The molecule has 0 aliphatic rings. The first-order valence-electron chi connectivity index (χ1n) is 5.36. The average Bonchev–Trinajstić information content (AvgIpc) is 2.57. The van der Waals surface area contributed by atoms with Crippen LogP contribution in [0.3, 0.4) is 0 Å². The smallest absolute Gasteiger partial charge is 0.339 e. The van der Waals surface area contributed by atoms with Gasteiger partial charge in [-0.05, 0) is 20.3 Å². The van der Waals surface area contributed by atoms with Gasteiger partial charge in [-0.25, -0.2) is 4.79 Å². The summed E-state index contributed by atoms with van der Waals surface area (Å²) in [7, 11) is 1.75. The van der Waals surface area contributed by atoms with E-state index in [-0.39, 0.29) is 11.1 Å². The number of rotatable bonds is 5. The van der Waals surface area contributed by atoms with E-state index in [2.05, 4.69) is 31.2 Å². The third-order valence-electron chi connectivity index (χ3n) is 2.91. The lowest BCUT2D eigenvalue weighted by Gasteiger charge is -2.24. The normalized spacial score (nSPS) is 11.8. The number of aromatic nitrogens is 2. The number of aromatic carboxylic acids is 1. The van der Waals surface area contributed by atoms with Crippen LogP contribution in [0.1, 0.15) is 43.2 Å². The Labute approximate surface area is 95.5 Å². The molecule has 0 spiro atoms. The molecule has 16 heavy (non-hydrogen) atoms. The van der Waals surface area contributed by atoms with Crippen LogP contribution in [0.15, 0.2) is 6.20 Å². The summed E-state index contributed by atoms with van der Waals surface area (Å²) in [6.45, 7) is 6.78. The van der Waals surface area contributed by atoms with Crippen molar-refractivity contribution in [2.75, 3.05) is 0 Å². The number of nitrogens with one attached hydrogen (secondary N) is 1. The van der Waals surface area contributed by atoms with E-state index < -0.39 is 5.97 Å². The van der Waals surface area contributed by atoms with E-state index in [1.807, 2.05) is 0 Å². The van der Waals surface area contributed by atoms with Gasteiger partial charge in [0.15, 0.2) is 0 Å². The Kier molecular flexibility index (Phi) is 3.70. The molecule has 0 amide bonds. The Morgan fingerprint density at radius 2 is 2.25 bits per heavy atom. The van der Waals surface area contributed by atoms with Crippen LogP contribution < -0.4 is 5.32 Å². The highest BCUT2D eigenvalue weighted by atomic mass is 16.4. The number of hydrogen-bond donors (Lipinski definition) is 2. The lowest BCUT2D eigenvalue weighted by atomic mass is 10.0. The molecule has 0 radical (unpaired) electrons. The second-order valence-electron chi connectivity index (χ2n) is 4.52. The van der Waals surface area contributed by atoms with Crippen molar-refractivity contribution in [1.82, 2.24) is 15.1 Å². The van der Waals surface area contributed by atoms with Crippen LogP contribution in [0, 0.1) is 0 Å². The lowest BCUT2D eigenvalue weighted by Crippen LogP contribution is -2.38. The van der Waals surface area contributed by atoms with Crippen LogP contribution in [0.2, 0.25) is 0 Å². The van der Waals surface area contributed by atoms with Crippen LogP contribution >= 0.6 is 0 Å². The Hall–Kier alpha value is -1.36. The Balaban J connectivity index is 2.81. The maximum absolute atomic E-state index is 10.9. The van der Waals surface area contributed by atoms with Gasteiger partial charge < -0.3 is 10.4 Å². The zero-order chi connectivity index (χ0) is 12.3. The molecular weight excluding hydrogens is 206 g/mol. The minimum Gasteiger partial charge on any atom is -0.478 e. The van der Waals surface area contributed by atoms with Gasteiger partial charge in [0, 0.05) is 19.1 Å². The van der Waals surface area contributed by atoms with Gasteiger partial charge in [0.05, 0.1) is 11.9 Å². The third kappa shape index (κ3) is 2.82. The zero-order valence-corrected chi connectivity index (χ0v) is 10.2. The summed E-state index contributed by atoms with van der Waals surface area (Å²) in [5.74, 6) is -0.931. The zero-order valence-electron chi connectivity index (χ0n) is 10.2. The molecule has 0 aromatic carbocycles. The molecule has 0 fully saturated rings. The molecule has 1 aromatic heterocycles. The van der Waals surface area contributed by atoms with Crippen molar-refractivity contribution in [3.05, 3.63) is 17.5 Å². The van der Waals surface area contributed by atoms with Crippen molar-refractivity contribution in [2.24, 2.45) is 7.05 Å². The summed E-state index contributed by atoms with van der Waals surface area (Å²) in [6, 6.07) is 0. The molecule has 0 unspecified atom stereocenters. The van der Waals surface area contributed by atoms with E-state index in [0.717, 1.165) is 6.42 Å². The monoisotopic (exact) mass is 225 g/mol. The molecule has 5 heteroatoms. The molecule has 2 N–H and O–H groups in total. The van der Waals surface area contributed by atoms with E-state index in [0.29, 0.717) is 12.2 Å². The van der Waals surface area contributed by atoms with Crippen LogP contribution in [0.25, 0.3) is 0 Å². The number of carboxylic acid groups (broad SMARTS) is 1. The summed E-state index contributed by atoms with van der Waals surface area (Å²) in [4.78, 5) is 10.9. The van der Waals surface area contributed by atoms with E-state index in [4.69, 9.17) is 5.11 Å². The van der Waals surface area contributed by atoms with Gasteiger partial charge in [-0.3, -0.25) is 4.68 Å². The van der Waals surface area contributed by atoms with Gasteiger partial charge in [0.2, 0.25) is 0 Å². The second-order valence-corrected chi connectivity index (χ2v) is 4.52. The number of hydrogen-bond acceptors (Lipinski definition) is 3. The molecule has 1 rings (SSSR count). The van der Waals surface area contributed by atoms with E-state index in [1.54, 1.807) is 11.7 Å². The fourth-order valence-electron chi connectivity index (χ4n) is 1.30. The molecule has 0 atom stereocenters. The number of aryl methyl sites for hydroxylation is 1. The third-order valence-corrected chi connectivity index (χ3v) is 2.91. The standard InChI is InChI=1S/C11H19N3O2/c1-5-11(2,3)12-7-9-8(10(15)16)6-13-14(9)4/h6,12H,5,7H2,1-4H3,(H,15,16). The first-order chi connectivity index (χ1) is 7.37. The van der Waals surface area contributed by atoms with Crippen LogP contribution in [0.4, 0.5) is 0 Å². The molecule has 0 saturated carbocycles. The predicted octanol–water partition coefficient (Wildman–Crippen LogP) is 1.40. The average molecular weight is 225 g/mol. The van der Waals surface area contributed by atoms with Crippen LogP contribution in [0.5, 0.6) is 0 Å². The quantitative estimate of drug-likeness (QED) is 0.794. The maximum Gasteiger partial charge on any atom is 0.339 e. The maximum atomic E-state index is 10.9. The van der Waals surface area contributed by atoms with E-state index in [9.17, 15) is 4.79 Å². The largest absolute Gasteiger partial charge is 0.478 e. The lowest BCUT2D eigenvalue weighted by molar-refractivity contribution is 0.0695. The van der Waals surface area contributed by atoms with Gasteiger partial charge in [-0.2, -0.15) is 5.10 Å². The van der Waals surface area contributed by atoms with Crippen molar-refractivity contribution in [1.29, 1.82) is 0 Å². The van der Waals surface area contributed by atoms with Gasteiger partial charge >= 0.3 is 5.97 Å². The van der Waals surface area contributed by atoms with E-state index >= 15 is 0 Å². The second kappa shape index (κ2) is 4.65. The topological polar surface area (TPSA) is 67.2 Å². The highest BCUT2D eigenvalue weighted by Crippen LogP contribution is 2.12. The molecule has 90 valence electrons. The van der Waals surface area contributed by atoms with Crippen molar-refractivity contribution >= 4 is 5.97 Å². The highest BCUT2D eigenvalue weighted by Gasteiger charge is 2.19. The SMILES string of the molecule is CCC(C)(C)NCc1c(C(=O)O)cnn1C. The highest BCUT2D eigenvalue weighted by molar-refractivity contribution is 5.88. The fourth-order valence-corrected chi connectivity index (χ4v) is 1.30. The van der Waals surface area contributed by atoms with Crippen molar-refractivity contribution in [2.45, 2.75) is 39.3 Å². The molecular formula is C11H19N3O2. The summed E-state index contributed by atoms with van der Waals surface area (Å²) in [6.07, 6.45) is 2.37. The van der Waals surface area contributed by atoms with Crippen LogP contribution in [-0.4, -0.2) is 26.4 Å². The summed E-state index contributed by atoms with van der Waals surface area (Å²) >= 11 is 0. The first kappa shape index (κ1) is 12.7. The minimum atomic E-state index is -0.931. The van der Waals surface area contributed by atoms with Crippen molar-refractivity contribution in [3.8, 4) is 0 Å². The summed E-state index contributed by atoms with van der Waals surface area (Å²) < 4.78 is 1.60. The Morgan fingerprint density at radius 3 is 2.75 bits per heavy atom. The number of carboxylic acids is 1. The van der Waals surface area contributed by atoms with Gasteiger partial charge in [0.1, 0.15) is 5.56 Å². The molecule has 0 bridgehead atoms. The van der Waals surface area contributed by atoms with Gasteiger partial charge in [0.25, 0.3) is 0 Å². The molecule has 1 aromatic rings. The van der Waals surface area contributed by atoms with E-state index in [1.165, 1.54) is 6.20 Å². The number of carbonyl (C=O) groups is 1. The Morgan fingerprint density at radius 1 is 1.62 bits per heavy atom. The summed E-state index contributed by atoms with van der Waals surface area (Å²) in [5, 5.41) is 16.3. The predicted molar refractivity (Wildman–Crippen MR) is 61.4 cm³/mol. The summed E-state index contributed by atoms with van der Waals surface area (Å²) in [5.41, 5.74) is 0.968. The molecule has 0 aliphatic heterocycles. The van der Waals surface area contributed by atoms with Gasteiger partial charge in [-0.15, -0.1) is 0 Å². The van der Waals surface area contributed by atoms with Crippen LogP contribution in [-0.2, 0) is 13.6 Å². The molecule has 1 heterocycles. The van der Waals surface area contributed by atoms with Crippen molar-refractivity contribution < 1.29 is 9.90 Å². The fraction of sp³-hybridized carbons (Fsp3) is 0.636. The van der Waals surface area contributed by atoms with Crippen molar-refractivity contribution in [3.63, 3.8) is 0 Å². The molecule has 0 saturated heterocycles.